The summed E-state index contributed by atoms with van der Waals surface area (Å²) in [5, 5.41) is 0. The molecular weight excluding hydrogens is 372 g/mol. The van der Waals surface area contributed by atoms with Gasteiger partial charge in [-0.05, 0) is 63.1 Å². The van der Waals surface area contributed by atoms with E-state index >= 15 is 0 Å². The Hall–Kier alpha value is -1.74. The molecule has 142 valence electrons. The molecular formula is C18H24N2O4S2. The second kappa shape index (κ2) is 7.87. The third-order valence-electron chi connectivity index (χ3n) is 3.44. The molecule has 0 amide bonds. The summed E-state index contributed by atoms with van der Waals surface area (Å²) in [6.07, 6.45) is 0. The van der Waals surface area contributed by atoms with Crippen molar-refractivity contribution in [3.8, 4) is 11.1 Å². The third-order valence-corrected chi connectivity index (χ3v) is 6.79. The molecule has 26 heavy (non-hydrogen) atoms. The van der Waals surface area contributed by atoms with E-state index in [-0.39, 0.29) is 21.9 Å². The van der Waals surface area contributed by atoms with Gasteiger partial charge in [0.25, 0.3) is 0 Å². The van der Waals surface area contributed by atoms with E-state index in [9.17, 15) is 16.8 Å². The van der Waals surface area contributed by atoms with Crippen LogP contribution in [0.5, 0.6) is 0 Å². The van der Waals surface area contributed by atoms with Crippen molar-refractivity contribution in [3.63, 3.8) is 0 Å². The van der Waals surface area contributed by atoms with Gasteiger partial charge in [-0.25, -0.2) is 26.3 Å². The highest BCUT2D eigenvalue weighted by molar-refractivity contribution is 7.89. The summed E-state index contributed by atoms with van der Waals surface area (Å²) >= 11 is 0. The molecule has 0 unspecified atom stereocenters. The van der Waals surface area contributed by atoms with Crippen molar-refractivity contribution in [2.45, 2.75) is 49.6 Å². The van der Waals surface area contributed by atoms with Crippen LogP contribution in [0.3, 0.4) is 0 Å². The fourth-order valence-corrected chi connectivity index (χ4v) is 4.91. The topological polar surface area (TPSA) is 92.3 Å². The first kappa shape index (κ1) is 20.6. The molecule has 0 bridgehead atoms. The molecule has 0 saturated carbocycles. The van der Waals surface area contributed by atoms with Crippen LogP contribution in [0, 0.1) is 0 Å². The molecule has 0 spiro atoms. The van der Waals surface area contributed by atoms with Crippen molar-refractivity contribution in [2.75, 3.05) is 0 Å². The zero-order valence-corrected chi connectivity index (χ0v) is 16.9. The molecule has 0 aliphatic rings. The average Bonchev–Trinajstić information content (AvgIpc) is 2.53. The van der Waals surface area contributed by atoms with Gasteiger partial charge in [0.1, 0.15) is 0 Å². The van der Waals surface area contributed by atoms with E-state index in [2.05, 4.69) is 9.44 Å². The summed E-state index contributed by atoms with van der Waals surface area (Å²) in [5.74, 6) is 0. The summed E-state index contributed by atoms with van der Waals surface area (Å²) in [5.41, 5.74) is 1.60. The Morgan fingerprint density at radius 1 is 0.577 bits per heavy atom. The van der Waals surface area contributed by atoms with Gasteiger partial charge in [0.15, 0.2) is 0 Å². The summed E-state index contributed by atoms with van der Waals surface area (Å²) < 4.78 is 53.7. The molecule has 2 N–H and O–H groups in total. The van der Waals surface area contributed by atoms with Gasteiger partial charge in [-0.3, -0.25) is 0 Å². The van der Waals surface area contributed by atoms with Crippen LogP contribution in [0.2, 0.25) is 0 Å². The number of rotatable bonds is 7. The molecule has 6 nitrogen and oxygen atoms in total. The van der Waals surface area contributed by atoms with Gasteiger partial charge in [-0.1, -0.05) is 24.3 Å². The van der Waals surface area contributed by atoms with Crippen LogP contribution in [0.25, 0.3) is 11.1 Å². The molecule has 0 aliphatic carbocycles. The van der Waals surface area contributed by atoms with Crippen molar-refractivity contribution in [1.82, 2.24) is 9.44 Å². The number of sulfonamides is 2. The lowest BCUT2D eigenvalue weighted by molar-refractivity contribution is 0.568. The highest BCUT2D eigenvalue weighted by Crippen LogP contribution is 2.23. The maximum absolute atomic E-state index is 12.1. The summed E-state index contributed by atoms with van der Waals surface area (Å²) in [6, 6.07) is 12.6. The van der Waals surface area contributed by atoms with Crippen molar-refractivity contribution in [1.29, 1.82) is 0 Å². The van der Waals surface area contributed by atoms with Crippen LogP contribution in [0.4, 0.5) is 0 Å². The van der Waals surface area contributed by atoms with Gasteiger partial charge >= 0.3 is 0 Å². The maximum Gasteiger partial charge on any atom is 0.240 e. The molecule has 0 fully saturated rings. The number of hydrogen-bond acceptors (Lipinski definition) is 4. The van der Waals surface area contributed by atoms with E-state index in [1.165, 1.54) is 24.3 Å². The average molecular weight is 397 g/mol. The predicted octanol–water partition coefficient (Wildman–Crippen LogP) is 2.73. The van der Waals surface area contributed by atoms with E-state index in [0.717, 1.165) is 11.1 Å². The minimum absolute atomic E-state index is 0.186. The first-order chi connectivity index (χ1) is 12.0. The van der Waals surface area contributed by atoms with Gasteiger partial charge in [0, 0.05) is 12.1 Å². The molecule has 0 radical (unpaired) electrons. The highest BCUT2D eigenvalue weighted by Gasteiger charge is 2.16. The van der Waals surface area contributed by atoms with Gasteiger partial charge < -0.3 is 0 Å². The summed E-state index contributed by atoms with van der Waals surface area (Å²) in [4.78, 5) is 0.380. The molecule has 2 aromatic rings. The third kappa shape index (κ3) is 5.14. The first-order valence-corrected chi connectivity index (χ1v) is 11.2. The second-order valence-corrected chi connectivity index (χ2v) is 10.0. The van der Waals surface area contributed by atoms with E-state index in [4.69, 9.17) is 0 Å². The quantitative estimate of drug-likeness (QED) is 0.753. The van der Waals surface area contributed by atoms with Crippen LogP contribution in [0.1, 0.15) is 27.7 Å². The lowest BCUT2D eigenvalue weighted by Gasteiger charge is -2.11. The molecule has 0 atom stereocenters. The van der Waals surface area contributed by atoms with Crippen LogP contribution >= 0.6 is 0 Å². The first-order valence-electron chi connectivity index (χ1n) is 8.26. The SMILES string of the molecule is CC(C)NS(=O)(=O)c1ccc(-c2ccc(S(=O)(=O)NC(C)C)cc2)cc1. The Morgan fingerprint density at radius 3 is 1.08 bits per heavy atom. The second-order valence-electron chi connectivity index (χ2n) is 6.60. The van der Waals surface area contributed by atoms with E-state index < -0.39 is 20.0 Å². The smallest absolute Gasteiger partial charge is 0.209 e. The van der Waals surface area contributed by atoms with Crippen LogP contribution < -0.4 is 9.44 Å². The normalized spacial score (nSPS) is 12.7. The molecule has 0 saturated heterocycles. The zero-order valence-electron chi connectivity index (χ0n) is 15.2. The molecule has 0 aromatic heterocycles. The Morgan fingerprint density at radius 2 is 0.846 bits per heavy atom. The maximum atomic E-state index is 12.1. The van der Waals surface area contributed by atoms with Crippen LogP contribution in [-0.4, -0.2) is 28.9 Å². The van der Waals surface area contributed by atoms with Gasteiger partial charge in [-0.2, -0.15) is 0 Å². The molecule has 8 heteroatoms. The Bertz CT molecular complexity index is 866. The fraction of sp³-hybridized carbons (Fsp3) is 0.333. The summed E-state index contributed by atoms with van der Waals surface area (Å²) in [6.45, 7) is 7.04. The predicted molar refractivity (Wildman–Crippen MR) is 103 cm³/mol. The number of hydrogen-bond donors (Lipinski definition) is 2. The minimum atomic E-state index is -3.53. The lowest BCUT2D eigenvalue weighted by atomic mass is 10.1. The Kier molecular flexibility index (Phi) is 6.23. The minimum Gasteiger partial charge on any atom is -0.209 e. The molecule has 2 rings (SSSR count). The zero-order chi connectivity index (χ0) is 19.5. The largest absolute Gasteiger partial charge is 0.240 e. The highest BCUT2D eigenvalue weighted by atomic mass is 32.2. The number of nitrogens with one attached hydrogen (secondary N) is 2. The van der Waals surface area contributed by atoms with Crippen molar-refractivity contribution < 1.29 is 16.8 Å². The Balaban J connectivity index is 2.25. The fourth-order valence-electron chi connectivity index (χ4n) is 2.41. The lowest BCUT2D eigenvalue weighted by Crippen LogP contribution is -2.30. The summed E-state index contributed by atoms with van der Waals surface area (Å²) in [7, 11) is -7.07. The Labute approximate surface area is 155 Å². The molecule has 0 heterocycles. The van der Waals surface area contributed by atoms with Crippen molar-refractivity contribution in [3.05, 3.63) is 48.5 Å². The van der Waals surface area contributed by atoms with Gasteiger partial charge in [0.2, 0.25) is 20.0 Å². The van der Waals surface area contributed by atoms with Gasteiger partial charge in [0.05, 0.1) is 9.79 Å². The van der Waals surface area contributed by atoms with E-state index in [1.54, 1.807) is 52.0 Å². The van der Waals surface area contributed by atoms with Crippen molar-refractivity contribution in [2.24, 2.45) is 0 Å². The van der Waals surface area contributed by atoms with Gasteiger partial charge in [-0.15, -0.1) is 0 Å². The molecule has 0 aliphatic heterocycles. The van der Waals surface area contributed by atoms with E-state index in [1.807, 2.05) is 0 Å². The van der Waals surface area contributed by atoms with E-state index in [0.29, 0.717) is 0 Å². The van der Waals surface area contributed by atoms with Crippen LogP contribution in [-0.2, 0) is 20.0 Å². The standard InChI is InChI=1S/C18H24N2O4S2/c1-13(2)19-25(21,22)17-9-5-15(6-10-17)16-7-11-18(12-8-16)26(23,24)20-14(3)4/h5-14,19-20H,1-4H3. The van der Waals surface area contributed by atoms with Crippen molar-refractivity contribution >= 4 is 20.0 Å². The number of benzene rings is 2. The van der Waals surface area contributed by atoms with Crippen LogP contribution in [0.15, 0.2) is 58.3 Å². The molecule has 2 aromatic carbocycles. The monoisotopic (exact) mass is 396 g/mol.